The number of phenols is 4. The van der Waals surface area contributed by atoms with Crippen LogP contribution in [0.15, 0.2) is 48.7 Å². The molecule has 1 aliphatic rings. The molecule has 0 aromatic heterocycles. The van der Waals surface area contributed by atoms with Crippen molar-refractivity contribution in [3.63, 3.8) is 0 Å². The highest BCUT2D eigenvalue weighted by molar-refractivity contribution is 5.91. The molecular formula is C25H24O12. The molecular weight excluding hydrogens is 492 g/mol. The molecule has 0 amide bonds. The van der Waals surface area contributed by atoms with Crippen LogP contribution in [0.4, 0.5) is 0 Å². The molecule has 0 heterocycles. The smallest absolute Gasteiger partial charge is 0.348 e. The van der Waals surface area contributed by atoms with Crippen molar-refractivity contribution in [2.75, 3.05) is 0 Å². The lowest BCUT2D eigenvalue weighted by atomic mass is 9.74. The van der Waals surface area contributed by atoms with E-state index < -0.39 is 66.0 Å². The van der Waals surface area contributed by atoms with Gasteiger partial charge in [0.05, 0.1) is 18.5 Å². The second-order valence-corrected chi connectivity index (χ2v) is 8.36. The van der Waals surface area contributed by atoms with Gasteiger partial charge in [-0.25, -0.2) is 9.59 Å². The minimum Gasteiger partial charge on any atom is -0.504 e. The van der Waals surface area contributed by atoms with Crippen molar-refractivity contribution < 1.29 is 59.6 Å². The minimum absolute atomic E-state index is 0.290. The van der Waals surface area contributed by atoms with E-state index in [0.717, 1.165) is 18.4 Å². The average molecular weight is 516 g/mol. The first-order valence-electron chi connectivity index (χ1n) is 10.8. The summed E-state index contributed by atoms with van der Waals surface area (Å²) in [4.78, 5) is 36.7. The van der Waals surface area contributed by atoms with Crippen LogP contribution < -0.4 is 0 Å². The molecule has 3 rings (SSSR count). The summed E-state index contributed by atoms with van der Waals surface area (Å²) < 4.78 is 10.0. The van der Waals surface area contributed by atoms with Gasteiger partial charge in [-0.15, -0.1) is 0 Å². The molecule has 2 atom stereocenters. The topological polar surface area (TPSA) is 211 Å². The number of aliphatic carboxylic acids is 1. The Kier molecular flexibility index (Phi) is 8.05. The van der Waals surface area contributed by atoms with E-state index in [4.69, 9.17) is 9.47 Å². The normalized spacial score (nSPS) is 23.7. The summed E-state index contributed by atoms with van der Waals surface area (Å²) in [5.74, 6) is -6.95. The molecule has 2 aromatic rings. The van der Waals surface area contributed by atoms with Crippen LogP contribution in [0.25, 0.3) is 12.2 Å². The standard InChI is InChI=1S/C25H24O12/c26-15-4-1-13(9-17(15)28)3-6-21(32)37-25(24(34)35)11-19(30)22(20(31)12-25)23(33)36-8-7-14-2-5-16(27)18(29)10-14/h1-10,19-20,22,26-31H,11-12H2,(H,34,35)/b6-3+,8-7+. The predicted octanol–water partition coefficient (Wildman–Crippen LogP) is 1.23. The van der Waals surface area contributed by atoms with Crippen molar-refractivity contribution in [3.8, 4) is 23.0 Å². The van der Waals surface area contributed by atoms with Crippen LogP contribution in [0.1, 0.15) is 24.0 Å². The third-order valence-corrected chi connectivity index (χ3v) is 5.72. The number of phenolic OH excluding ortho intramolecular Hbond substituents is 4. The van der Waals surface area contributed by atoms with E-state index in [9.17, 15) is 50.1 Å². The van der Waals surface area contributed by atoms with E-state index in [1.54, 1.807) is 0 Å². The van der Waals surface area contributed by atoms with Crippen LogP contribution in [-0.4, -0.2) is 71.5 Å². The van der Waals surface area contributed by atoms with Crippen LogP contribution in [0.5, 0.6) is 23.0 Å². The number of hydrogen-bond donors (Lipinski definition) is 7. The highest BCUT2D eigenvalue weighted by atomic mass is 16.6. The Morgan fingerprint density at radius 3 is 1.81 bits per heavy atom. The fourth-order valence-electron chi connectivity index (χ4n) is 3.82. The second kappa shape index (κ2) is 11.0. The van der Waals surface area contributed by atoms with Gasteiger partial charge in [0.15, 0.2) is 23.0 Å². The fraction of sp³-hybridized carbons (Fsp3) is 0.240. The molecule has 1 saturated carbocycles. The number of esters is 2. The maximum atomic E-state index is 12.5. The van der Waals surface area contributed by atoms with E-state index in [1.165, 1.54) is 42.5 Å². The van der Waals surface area contributed by atoms with Crippen molar-refractivity contribution in [3.05, 3.63) is 59.9 Å². The zero-order valence-corrected chi connectivity index (χ0v) is 19.1. The number of carbonyl (C=O) groups excluding carboxylic acids is 2. The van der Waals surface area contributed by atoms with Gasteiger partial charge >= 0.3 is 17.9 Å². The van der Waals surface area contributed by atoms with Crippen LogP contribution in [0, 0.1) is 5.92 Å². The van der Waals surface area contributed by atoms with Crippen LogP contribution in [-0.2, 0) is 23.9 Å². The van der Waals surface area contributed by atoms with E-state index in [0.29, 0.717) is 11.1 Å². The van der Waals surface area contributed by atoms with Crippen molar-refractivity contribution in [1.29, 1.82) is 0 Å². The first kappa shape index (κ1) is 27.0. The Morgan fingerprint density at radius 2 is 1.32 bits per heavy atom. The largest absolute Gasteiger partial charge is 0.504 e. The Balaban J connectivity index is 1.67. The van der Waals surface area contributed by atoms with Gasteiger partial charge in [-0.05, 0) is 47.5 Å². The maximum Gasteiger partial charge on any atom is 0.348 e. The van der Waals surface area contributed by atoms with Gasteiger partial charge in [0.25, 0.3) is 0 Å². The van der Waals surface area contributed by atoms with Crippen molar-refractivity contribution in [2.24, 2.45) is 5.92 Å². The number of aliphatic hydroxyl groups excluding tert-OH is 2. The molecule has 0 spiro atoms. The first-order chi connectivity index (χ1) is 17.4. The molecule has 0 bridgehead atoms. The number of benzene rings is 2. The molecule has 1 aliphatic carbocycles. The first-order valence-corrected chi connectivity index (χ1v) is 10.8. The Labute approximate surface area is 209 Å². The molecule has 12 nitrogen and oxygen atoms in total. The zero-order chi connectivity index (χ0) is 27.3. The monoisotopic (exact) mass is 516 g/mol. The highest BCUT2D eigenvalue weighted by Gasteiger charge is 2.55. The van der Waals surface area contributed by atoms with Crippen molar-refractivity contribution in [2.45, 2.75) is 30.7 Å². The summed E-state index contributed by atoms with van der Waals surface area (Å²) in [6.07, 6.45) is -0.675. The molecule has 2 aromatic carbocycles. The lowest BCUT2D eigenvalue weighted by Gasteiger charge is -2.40. The number of aliphatic hydroxyl groups is 2. The third-order valence-electron chi connectivity index (χ3n) is 5.72. The number of carboxylic acids is 1. The minimum atomic E-state index is -2.34. The average Bonchev–Trinajstić information content (AvgIpc) is 2.81. The van der Waals surface area contributed by atoms with E-state index >= 15 is 0 Å². The number of hydrogen-bond acceptors (Lipinski definition) is 11. The van der Waals surface area contributed by atoms with E-state index in [-0.39, 0.29) is 11.5 Å². The van der Waals surface area contributed by atoms with Crippen LogP contribution in [0.2, 0.25) is 0 Å². The molecule has 0 aliphatic heterocycles. The number of carboxylic acid groups (broad SMARTS) is 1. The molecule has 2 unspecified atom stereocenters. The van der Waals surface area contributed by atoms with Gasteiger partial charge in [-0.3, -0.25) is 4.79 Å². The summed E-state index contributed by atoms with van der Waals surface area (Å²) in [6, 6.07) is 7.51. The molecule has 196 valence electrons. The summed E-state index contributed by atoms with van der Waals surface area (Å²) in [5.41, 5.74) is -1.69. The number of carbonyl (C=O) groups is 3. The quantitative estimate of drug-likeness (QED) is 0.120. The Morgan fingerprint density at radius 1 is 0.811 bits per heavy atom. The van der Waals surface area contributed by atoms with E-state index in [1.807, 2.05) is 0 Å². The van der Waals surface area contributed by atoms with Crippen molar-refractivity contribution in [1.82, 2.24) is 0 Å². The molecule has 0 saturated heterocycles. The second-order valence-electron chi connectivity index (χ2n) is 8.36. The van der Waals surface area contributed by atoms with Gasteiger partial charge in [0, 0.05) is 18.9 Å². The maximum absolute atomic E-state index is 12.5. The lowest BCUT2D eigenvalue weighted by molar-refractivity contribution is -0.198. The van der Waals surface area contributed by atoms with Crippen LogP contribution in [0.3, 0.4) is 0 Å². The van der Waals surface area contributed by atoms with E-state index in [2.05, 4.69) is 0 Å². The van der Waals surface area contributed by atoms with Crippen LogP contribution >= 0.6 is 0 Å². The number of aromatic hydroxyl groups is 4. The molecule has 1 fully saturated rings. The van der Waals surface area contributed by atoms with Gasteiger partial charge in [0.2, 0.25) is 5.60 Å². The molecule has 12 heteroatoms. The zero-order valence-electron chi connectivity index (χ0n) is 19.1. The highest BCUT2D eigenvalue weighted by Crippen LogP contribution is 2.37. The Bertz CT molecular complexity index is 1240. The van der Waals surface area contributed by atoms with Gasteiger partial charge in [0.1, 0.15) is 5.92 Å². The van der Waals surface area contributed by atoms with Crippen molar-refractivity contribution >= 4 is 30.1 Å². The van der Waals surface area contributed by atoms with Gasteiger partial charge in [-0.1, -0.05) is 12.1 Å². The fourth-order valence-corrected chi connectivity index (χ4v) is 3.82. The molecule has 7 N–H and O–H groups in total. The third kappa shape index (κ3) is 6.37. The number of ether oxygens (including phenoxy) is 2. The predicted molar refractivity (Wildman–Crippen MR) is 125 cm³/mol. The Hall–Kier alpha value is -4.55. The lowest BCUT2D eigenvalue weighted by Crippen LogP contribution is -2.57. The van der Waals surface area contributed by atoms with Gasteiger partial charge < -0.3 is 45.2 Å². The van der Waals surface area contributed by atoms with Gasteiger partial charge in [-0.2, -0.15) is 0 Å². The summed E-state index contributed by atoms with van der Waals surface area (Å²) in [6.45, 7) is 0. The summed E-state index contributed by atoms with van der Waals surface area (Å²) in [7, 11) is 0. The number of rotatable bonds is 7. The molecule has 0 radical (unpaired) electrons. The summed E-state index contributed by atoms with van der Waals surface area (Å²) in [5, 5.41) is 68.3. The summed E-state index contributed by atoms with van der Waals surface area (Å²) >= 11 is 0. The molecule has 37 heavy (non-hydrogen) atoms. The SMILES string of the molecule is O=C(/C=C/c1ccc(O)c(O)c1)OC1(C(=O)O)CC(O)C(C(=O)O/C=C/c2ccc(O)c(O)c2)C(O)C1.